The standard InChI is InChI=1S/C16H20N4O2/c1-22-15-5-3-2-4-14(15)18-16(21)12-6-8-13(9-7-12)20-11-10-17-19-20/h6-11,14-15H,2-5H2,1H3,(H,18,21)/t14-,15-/m1/s1. The lowest BCUT2D eigenvalue weighted by Gasteiger charge is -2.31. The number of rotatable bonds is 4. The molecule has 1 heterocycles. The number of hydrogen-bond acceptors (Lipinski definition) is 4. The van der Waals surface area contributed by atoms with Crippen LogP contribution in [0.5, 0.6) is 0 Å². The summed E-state index contributed by atoms with van der Waals surface area (Å²) in [5.74, 6) is -0.0564. The second-order valence-corrected chi connectivity index (χ2v) is 5.53. The zero-order chi connectivity index (χ0) is 15.4. The maximum absolute atomic E-state index is 12.4. The molecule has 0 radical (unpaired) electrons. The molecule has 1 fully saturated rings. The van der Waals surface area contributed by atoms with E-state index in [1.165, 1.54) is 0 Å². The third-order valence-electron chi connectivity index (χ3n) is 4.14. The zero-order valence-electron chi connectivity index (χ0n) is 12.6. The van der Waals surface area contributed by atoms with Crippen molar-refractivity contribution in [2.24, 2.45) is 0 Å². The molecule has 0 spiro atoms. The summed E-state index contributed by atoms with van der Waals surface area (Å²) in [7, 11) is 1.71. The Bertz CT molecular complexity index is 610. The number of nitrogens with zero attached hydrogens (tertiary/aromatic N) is 3. The predicted molar refractivity (Wildman–Crippen MR) is 81.9 cm³/mol. The molecule has 1 saturated carbocycles. The molecular formula is C16H20N4O2. The average Bonchev–Trinajstić information content (AvgIpc) is 3.10. The van der Waals surface area contributed by atoms with Gasteiger partial charge in [-0.15, -0.1) is 5.10 Å². The number of carbonyl (C=O) groups excluding carboxylic acids is 1. The second kappa shape index (κ2) is 6.70. The van der Waals surface area contributed by atoms with Gasteiger partial charge in [-0.3, -0.25) is 4.79 Å². The molecule has 0 bridgehead atoms. The average molecular weight is 300 g/mol. The molecule has 0 saturated heterocycles. The highest BCUT2D eigenvalue weighted by molar-refractivity contribution is 5.94. The molecule has 0 aliphatic heterocycles. The van der Waals surface area contributed by atoms with Crippen LogP contribution in [-0.4, -0.2) is 40.2 Å². The van der Waals surface area contributed by atoms with Gasteiger partial charge in [0.05, 0.1) is 30.2 Å². The van der Waals surface area contributed by atoms with Crippen molar-refractivity contribution in [1.29, 1.82) is 0 Å². The van der Waals surface area contributed by atoms with E-state index in [4.69, 9.17) is 4.74 Å². The van der Waals surface area contributed by atoms with E-state index in [0.717, 1.165) is 31.4 Å². The third kappa shape index (κ3) is 3.17. The number of benzene rings is 1. The lowest BCUT2D eigenvalue weighted by Crippen LogP contribution is -2.45. The SMILES string of the molecule is CO[C@@H]1CCCC[C@H]1NC(=O)c1ccc(-n2ccnn2)cc1. The molecule has 116 valence electrons. The minimum atomic E-state index is -0.0564. The van der Waals surface area contributed by atoms with Crippen molar-refractivity contribution >= 4 is 5.91 Å². The maximum atomic E-state index is 12.4. The van der Waals surface area contributed by atoms with Crippen molar-refractivity contribution in [1.82, 2.24) is 20.3 Å². The fraction of sp³-hybridized carbons (Fsp3) is 0.438. The van der Waals surface area contributed by atoms with E-state index < -0.39 is 0 Å². The van der Waals surface area contributed by atoms with Gasteiger partial charge in [0.1, 0.15) is 0 Å². The Morgan fingerprint density at radius 1 is 1.27 bits per heavy atom. The molecule has 22 heavy (non-hydrogen) atoms. The largest absolute Gasteiger partial charge is 0.379 e. The molecule has 1 aliphatic carbocycles. The fourth-order valence-corrected chi connectivity index (χ4v) is 2.91. The van der Waals surface area contributed by atoms with Crippen molar-refractivity contribution in [3.8, 4) is 5.69 Å². The molecule has 6 heteroatoms. The number of methoxy groups -OCH3 is 1. The van der Waals surface area contributed by atoms with E-state index in [1.54, 1.807) is 36.3 Å². The lowest BCUT2D eigenvalue weighted by molar-refractivity contribution is 0.0392. The molecule has 1 amide bonds. The van der Waals surface area contributed by atoms with Crippen LogP contribution < -0.4 is 5.32 Å². The van der Waals surface area contributed by atoms with Crippen molar-refractivity contribution in [3.63, 3.8) is 0 Å². The summed E-state index contributed by atoms with van der Waals surface area (Å²) in [5.41, 5.74) is 1.52. The first-order valence-electron chi connectivity index (χ1n) is 7.58. The summed E-state index contributed by atoms with van der Waals surface area (Å²) in [6.07, 6.45) is 7.78. The highest BCUT2D eigenvalue weighted by Crippen LogP contribution is 2.21. The highest BCUT2D eigenvalue weighted by atomic mass is 16.5. The Morgan fingerprint density at radius 2 is 2.05 bits per heavy atom. The zero-order valence-corrected chi connectivity index (χ0v) is 12.6. The van der Waals surface area contributed by atoms with Gasteiger partial charge in [-0.05, 0) is 37.1 Å². The van der Waals surface area contributed by atoms with E-state index in [-0.39, 0.29) is 18.1 Å². The first-order valence-corrected chi connectivity index (χ1v) is 7.58. The molecule has 1 aromatic carbocycles. The van der Waals surface area contributed by atoms with Crippen LogP contribution in [-0.2, 0) is 4.74 Å². The van der Waals surface area contributed by atoms with Gasteiger partial charge in [0, 0.05) is 12.7 Å². The molecule has 1 N–H and O–H groups in total. The molecule has 2 aromatic rings. The van der Waals surface area contributed by atoms with Gasteiger partial charge in [0.15, 0.2) is 0 Å². The molecule has 2 atom stereocenters. The molecule has 1 aromatic heterocycles. The van der Waals surface area contributed by atoms with E-state index in [1.807, 2.05) is 12.1 Å². The normalized spacial score (nSPS) is 21.5. The number of hydrogen-bond donors (Lipinski definition) is 1. The number of nitrogens with one attached hydrogen (secondary N) is 1. The van der Waals surface area contributed by atoms with Crippen molar-refractivity contribution in [2.45, 2.75) is 37.8 Å². The lowest BCUT2D eigenvalue weighted by atomic mass is 9.92. The summed E-state index contributed by atoms with van der Waals surface area (Å²) in [6.45, 7) is 0. The third-order valence-corrected chi connectivity index (χ3v) is 4.14. The van der Waals surface area contributed by atoms with E-state index in [0.29, 0.717) is 5.56 Å². The van der Waals surface area contributed by atoms with Gasteiger partial charge >= 0.3 is 0 Å². The monoisotopic (exact) mass is 300 g/mol. The molecule has 6 nitrogen and oxygen atoms in total. The quantitative estimate of drug-likeness (QED) is 0.937. The van der Waals surface area contributed by atoms with E-state index >= 15 is 0 Å². The van der Waals surface area contributed by atoms with Crippen LogP contribution in [0.15, 0.2) is 36.7 Å². The summed E-state index contributed by atoms with van der Waals surface area (Å²) in [4.78, 5) is 12.4. The molecule has 3 rings (SSSR count). The van der Waals surface area contributed by atoms with Gasteiger partial charge < -0.3 is 10.1 Å². The Morgan fingerprint density at radius 3 is 2.73 bits per heavy atom. The minimum absolute atomic E-state index is 0.0564. The smallest absolute Gasteiger partial charge is 0.251 e. The van der Waals surface area contributed by atoms with Gasteiger partial charge in [-0.25, -0.2) is 4.68 Å². The van der Waals surface area contributed by atoms with Crippen LogP contribution in [0.3, 0.4) is 0 Å². The van der Waals surface area contributed by atoms with Crippen molar-refractivity contribution in [2.75, 3.05) is 7.11 Å². The molecular weight excluding hydrogens is 280 g/mol. The van der Waals surface area contributed by atoms with Gasteiger partial charge in [-0.1, -0.05) is 18.1 Å². The predicted octanol–water partition coefficient (Wildman–Crippen LogP) is 1.95. The number of carbonyl (C=O) groups is 1. The van der Waals surface area contributed by atoms with E-state index in [2.05, 4.69) is 15.6 Å². The van der Waals surface area contributed by atoms with Crippen LogP contribution in [0.1, 0.15) is 36.0 Å². The minimum Gasteiger partial charge on any atom is -0.379 e. The van der Waals surface area contributed by atoms with Crippen LogP contribution in [0.2, 0.25) is 0 Å². The number of aromatic nitrogens is 3. The fourth-order valence-electron chi connectivity index (χ4n) is 2.91. The summed E-state index contributed by atoms with van der Waals surface area (Å²) < 4.78 is 7.13. The summed E-state index contributed by atoms with van der Waals surface area (Å²) >= 11 is 0. The number of amides is 1. The Balaban J connectivity index is 1.67. The topological polar surface area (TPSA) is 69.0 Å². The van der Waals surface area contributed by atoms with Crippen molar-refractivity contribution < 1.29 is 9.53 Å². The van der Waals surface area contributed by atoms with Crippen LogP contribution in [0.25, 0.3) is 5.69 Å². The van der Waals surface area contributed by atoms with Gasteiger partial charge in [-0.2, -0.15) is 0 Å². The maximum Gasteiger partial charge on any atom is 0.251 e. The highest BCUT2D eigenvalue weighted by Gasteiger charge is 2.26. The Hall–Kier alpha value is -2.21. The Kier molecular flexibility index (Phi) is 4.48. The summed E-state index contributed by atoms with van der Waals surface area (Å²) in [5, 5.41) is 10.8. The van der Waals surface area contributed by atoms with E-state index in [9.17, 15) is 4.79 Å². The molecule has 0 unspecified atom stereocenters. The van der Waals surface area contributed by atoms with Gasteiger partial charge in [0.2, 0.25) is 0 Å². The molecule has 1 aliphatic rings. The number of ether oxygens (including phenoxy) is 1. The van der Waals surface area contributed by atoms with Gasteiger partial charge in [0.25, 0.3) is 5.91 Å². The summed E-state index contributed by atoms with van der Waals surface area (Å²) in [6, 6.07) is 7.42. The van der Waals surface area contributed by atoms with Crippen LogP contribution in [0.4, 0.5) is 0 Å². The van der Waals surface area contributed by atoms with Crippen LogP contribution >= 0.6 is 0 Å². The first-order chi connectivity index (χ1) is 10.8. The van der Waals surface area contributed by atoms with Crippen LogP contribution in [0, 0.1) is 0 Å². The van der Waals surface area contributed by atoms with Crippen molar-refractivity contribution in [3.05, 3.63) is 42.2 Å². The Labute approximate surface area is 129 Å². The second-order valence-electron chi connectivity index (χ2n) is 5.53. The first kappa shape index (κ1) is 14.7.